The predicted octanol–water partition coefficient (Wildman–Crippen LogP) is 1.93. The summed E-state index contributed by atoms with van der Waals surface area (Å²) in [5, 5.41) is 12.9. The summed E-state index contributed by atoms with van der Waals surface area (Å²) in [6.07, 6.45) is 5.23. The van der Waals surface area contributed by atoms with Crippen molar-refractivity contribution in [3.05, 3.63) is 28.8 Å². The lowest BCUT2D eigenvalue weighted by atomic mass is 10.0. The van der Waals surface area contributed by atoms with Crippen LogP contribution in [-0.2, 0) is 6.54 Å². The Morgan fingerprint density at radius 3 is 2.73 bits per heavy atom. The highest BCUT2D eigenvalue weighted by Crippen LogP contribution is 2.24. The SMILES string of the molecule is CCn1nnc(C)c1C(=O)N1CCC(n2cc(Cl)cn2)CC1. The molecule has 0 N–H and O–H groups in total. The maximum absolute atomic E-state index is 12.7. The van der Waals surface area contributed by atoms with Gasteiger partial charge in [-0.05, 0) is 26.7 Å². The van der Waals surface area contributed by atoms with Crippen LogP contribution in [0.4, 0.5) is 0 Å². The maximum Gasteiger partial charge on any atom is 0.274 e. The average molecular weight is 323 g/mol. The topological polar surface area (TPSA) is 68.8 Å². The molecular weight excluding hydrogens is 304 g/mol. The fraction of sp³-hybridized carbons (Fsp3) is 0.571. The number of aryl methyl sites for hydroxylation is 2. The van der Waals surface area contributed by atoms with Crippen molar-refractivity contribution >= 4 is 17.5 Å². The summed E-state index contributed by atoms with van der Waals surface area (Å²) in [6.45, 7) is 5.83. The van der Waals surface area contributed by atoms with Crippen LogP contribution >= 0.6 is 11.6 Å². The van der Waals surface area contributed by atoms with Crippen LogP contribution < -0.4 is 0 Å². The average Bonchev–Trinajstić information content (AvgIpc) is 3.12. The number of piperidine rings is 1. The molecule has 0 aromatic carbocycles. The van der Waals surface area contributed by atoms with Gasteiger partial charge in [0.2, 0.25) is 0 Å². The number of likely N-dealkylation sites (tertiary alicyclic amines) is 1. The zero-order valence-corrected chi connectivity index (χ0v) is 13.5. The number of carbonyl (C=O) groups excluding carboxylic acids is 1. The van der Waals surface area contributed by atoms with Gasteiger partial charge in [0.05, 0.1) is 23.0 Å². The molecule has 8 heteroatoms. The van der Waals surface area contributed by atoms with Crippen molar-refractivity contribution in [3.63, 3.8) is 0 Å². The van der Waals surface area contributed by atoms with Crippen molar-refractivity contribution in [1.29, 1.82) is 0 Å². The number of hydrogen-bond acceptors (Lipinski definition) is 4. The number of halogens is 1. The summed E-state index contributed by atoms with van der Waals surface area (Å²) >= 11 is 5.91. The van der Waals surface area contributed by atoms with E-state index in [-0.39, 0.29) is 5.91 Å². The van der Waals surface area contributed by atoms with E-state index in [1.165, 1.54) is 0 Å². The highest BCUT2D eigenvalue weighted by molar-refractivity contribution is 6.30. The third-order valence-corrected chi connectivity index (χ3v) is 4.30. The normalized spacial score (nSPS) is 16.2. The molecule has 7 nitrogen and oxygen atoms in total. The Balaban J connectivity index is 1.68. The number of carbonyl (C=O) groups is 1. The Hall–Kier alpha value is -1.89. The Labute approximate surface area is 133 Å². The second kappa shape index (κ2) is 6.08. The maximum atomic E-state index is 12.7. The van der Waals surface area contributed by atoms with Crippen LogP contribution in [0.3, 0.4) is 0 Å². The van der Waals surface area contributed by atoms with Crippen LogP contribution in [0, 0.1) is 6.92 Å². The minimum atomic E-state index is 0.0151. The van der Waals surface area contributed by atoms with Gasteiger partial charge in [-0.2, -0.15) is 5.10 Å². The Morgan fingerprint density at radius 1 is 1.41 bits per heavy atom. The molecule has 2 aromatic heterocycles. The van der Waals surface area contributed by atoms with Crippen molar-refractivity contribution in [2.24, 2.45) is 0 Å². The van der Waals surface area contributed by atoms with Crippen molar-refractivity contribution in [2.75, 3.05) is 13.1 Å². The van der Waals surface area contributed by atoms with Gasteiger partial charge in [-0.25, -0.2) is 4.68 Å². The van der Waals surface area contributed by atoms with Gasteiger partial charge in [-0.15, -0.1) is 5.10 Å². The first-order valence-corrected chi connectivity index (χ1v) is 7.87. The van der Waals surface area contributed by atoms with Crippen LogP contribution in [0.15, 0.2) is 12.4 Å². The molecule has 3 heterocycles. The van der Waals surface area contributed by atoms with Crippen molar-refractivity contribution < 1.29 is 4.79 Å². The first kappa shape index (κ1) is 15.0. The third kappa shape index (κ3) is 2.72. The van der Waals surface area contributed by atoms with Gasteiger partial charge in [-0.3, -0.25) is 9.48 Å². The molecule has 0 radical (unpaired) electrons. The van der Waals surface area contributed by atoms with Gasteiger partial charge in [0.15, 0.2) is 0 Å². The first-order chi connectivity index (χ1) is 10.6. The minimum Gasteiger partial charge on any atom is -0.337 e. The summed E-state index contributed by atoms with van der Waals surface area (Å²) in [4.78, 5) is 14.6. The monoisotopic (exact) mass is 322 g/mol. The zero-order valence-electron chi connectivity index (χ0n) is 12.7. The number of nitrogens with zero attached hydrogens (tertiary/aromatic N) is 6. The van der Waals surface area contributed by atoms with Crippen molar-refractivity contribution in [1.82, 2.24) is 29.7 Å². The lowest BCUT2D eigenvalue weighted by Gasteiger charge is -2.32. The standard InChI is InChI=1S/C14H19ClN6O/c1-3-20-13(10(2)17-18-20)14(22)19-6-4-12(5-7-19)21-9-11(15)8-16-21/h8-9,12H,3-7H2,1-2H3. The molecule has 1 fully saturated rings. The van der Waals surface area contributed by atoms with Gasteiger partial charge in [0.1, 0.15) is 5.69 Å². The molecule has 0 saturated carbocycles. The van der Waals surface area contributed by atoms with E-state index in [1.54, 1.807) is 10.9 Å². The Morgan fingerprint density at radius 2 is 2.14 bits per heavy atom. The van der Waals surface area contributed by atoms with E-state index in [1.807, 2.05) is 29.6 Å². The quantitative estimate of drug-likeness (QED) is 0.866. The lowest BCUT2D eigenvalue weighted by molar-refractivity contribution is 0.0676. The second-order valence-electron chi connectivity index (χ2n) is 5.50. The van der Waals surface area contributed by atoms with Gasteiger partial charge < -0.3 is 4.90 Å². The van der Waals surface area contributed by atoms with Gasteiger partial charge in [0.25, 0.3) is 5.91 Å². The molecule has 1 amide bonds. The number of aromatic nitrogens is 5. The molecule has 118 valence electrons. The molecule has 1 saturated heterocycles. The molecule has 3 rings (SSSR count). The number of rotatable bonds is 3. The number of amides is 1. The van der Waals surface area contributed by atoms with E-state index >= 15 is 0 Å². The molecule has 2 aromatic rings. The van der Waals surface area contributed by atoms with E-state index in [0.29, 0.717) is 42.1 Å². The zero-order chi connectivity index (χ0) is 15.7. The molecule has 0 atom stereocenters. The van der Waals surface area contributed by atoms with E-state index in [4.69, 9.17) is 11.6 Å². The fourth-order valence-corrected chi connectivity index (χ4v) is 3.03. The van der Waals surface area contributed by atoms with Crippen LogP contribution in [0.25, 0.3) is 0 Å². The summed E-state index contributed by atoms with van der Waals surface area (Å²) in [7, 11) is 0. The van der Waals surface area contributed by atoms with Crippen LogP contribution in [0.2, 0.25) is 5.02 Å². The summed E-state index contributed by atoms with van der Waals surface area (Å²) < 4.78 is 3.56. The molecule has 1 aliphatic rings. The van der Waals surface area contributed by atoms with Gasteiger partial charge >= 0.3 is 0 Å². The van der Waals surface area contributed by atoms with E-state index < -0.39 is 0 Å². The summed E-state index contributed by atoms with van der Waals surface area (Å²) in [5.41, 5.74) is 1.29. The summed E-state index contributed by atoms with van der Waals surface area (Å²) in [6, 6.07) is 0.298. The number of hydrogen-bond donors (Lipinski definition) is 0. The molecule has 0 aliphatic carbocycles. The highest BCUT2D eigenvalue weighted by atomic mass is 35.5. The van der Waals surface area contributed by atoms with Crippen molar-refractivity contribution in [2.45, 2.75) is 39.3 Å². The van der Waals surface area contributed by atoms with Crippen LogP contribution in [-0.4, -0.2) is 48.7 Å². The first-order valence-electron chi connectivity index (χ1n) is 7.49. The predicted molar refractivity (Wildman–Crippen MR) is 81.8 cm³/mol. The molecule has 0 bridgehead atoms. The van der Waals surface area contributed by atoms with E-state index in [0.717, 1.165) is 12.8 Å². The van der Waals surface area contributed by atoms with Crippen LogP contribution in [0.5, 0.6) is 0 Å². The van der Waals surface area contributed by atoms with Crippen LogP contribution in [0.1, 0.15) is 42.0 Å². The minimum absolute atomic E-state index is 0.0151. The molecule has 0 unspecified atom stereocenters. The van der Waals surface area contributed by atoms with E-state index in [9.17, 15) is 4.79 Å². The third-order valence-electron chi connectivity index (χ3n) is 4.10. The Kier molecular flexibility index (Phi) is 4.15. The second-order valence-corrected chi connectivity index (χ2v) is 5.94. The highest BCUT2D eigenvalue weighted by Gasteiger charge is 2.28. The van der Waals surface area contributed by atoms with E-state index in [2.05, 4.69) is 15.4 Å². The van der Waals surface area contributed by atoms with Gasteiger partial charge in [-0.1, -0.05) is 16.8 Å². The molecule has 0 spiro atoms. The molecule has 1 aliphatic heterocycles. The molecule has 22 heavy (non-hydrogen) atoms. The smallest absolute Gasteiger partial charge is 0.274 e. The van der Waals surface area contributed by atoms with Crippen molar-refractivity contribution in [3.8, 4) is 0 Å². The summed E-state index contributed by atoms with van der Waals surface area (Å²) in [5.74, 6) is 0.0151. The fourth-order valence-electron chi connectivity index (χ4n) is 2.88. The van der Waals surface area contributed by atoms with Gasteiger partial charge in [0, 0.05) is 25.8 Å². The largest absolute Gasteiger partial charge is 0.337 e. The lowest BCUT2D eigenvalue weighted by Crippen LogP contribution is -2.40. The Bertz CT molecular complexity index is 671. The molecular formula is C14H19ClN6O.